The summed E-state index contributed by atoms with van der Waals surface area (Å²) in [6.07, 6.45) is 4.05. The first kappa shape index (κ1) is 17.2. The smallest absolute Gasteiger partial charge is 0.246 e. The molecule has 1 atom stereocenters. The van der Waals surface area contributed by atoms with Crippen LogP contribution in [0.4, 0.5) is 0 Å². The minimum Gasteiger partial charge on any atom is -0.383 e. The number of hydrogen-bond acceptors (Lipinski definition) is 3. The highest BCUT2D eigenvalue weighted by molar-refractivity contribution is 5.93. The van der Waals surface area contributed by atoms with Crippen LogP contribution in [0, 0.1) is 5.41 Å². The van der Waals surface area contributed by atoms with Gasteiger partial charge in [0.1, 0.15) is 0 Å². The van der Waals surface area contributed by atoms with Gasteiger partial charge in [-0.05, 0) is 25.0 Å². The first-order valence-corrected chi connectivity index (χ1v) is 7.84. The van der Waals surface area contributed by atoms with Crippen LogP contribution in [0.3, 0.4) is 0 Å². The Morgan fingerprint density at radius 1 is 1.35 bits per heavy atom. The third-order valence-corrected chi connectivity index (χ3v) is 4.14. The van der Waals surface area contributed by atoms with Gasteiger partial charge < -0.3 is 15.0 Å². The Morgan fingerprint density at radius 2 is 2.09 bits per heavy atom. The molecule has 2 amide bonds. The van der Waals surface area contributed by atoms with Gasteiger partial charge in [0.25, 0.3) is 0 Å². The minimum absolute atomic E-state index is 0.0168. The van der Waals surface area contributed by atoms with Crippen molar-refractivity contribution in [1.29, 1.82) is 0 Å². The fourth-order valence-electron chi connectivity index (χ4n) is 2.65. The van der Waals surface area contributed by atoms with Crippen molar-refractivity contribution in [2.75, 3.05) is 33.4 Å². The summed E-state index contributed by atoms with van der Waals surface area (Å²) >= 11 is 0. The largest absolute Gasteiger partial charge is 0.383 e. The van der Waals surface area contributed by atoms with Gasteiger partial charge >= 0.3 is 0 Å². The van der Waals surface area contributed by atoms with Crippen LogP contribution in [-0.4, -0.2) is 50.1 Å². The van der Waals surface area contributed by atoms with E-state index in [4.69, 9.17) is 4.74 Å². The first-order chi connectivity index (χ1) is 11.0. The highest BCUT2D eigenvalue weighted by atomic mass is 16.5. The number of likely N-dealkylation sites (tertiary alicyclic amines) is 1. The Balaban J connectivity index is 1.89. The lowest BCUT2D eigenvalue weighted by Gasteiger charge is -2.23. The van der Waals surface area contributed by atoms with Crippen LogP contribution in [-0.2, 0) is 14.3 Å². The predicted octanol–water partition coefficient (Wildman–Crippen LogP) is 1.70. The second-order valence-electron chi connectivity index (χ2n) is 6.06. The molecule has 1 unspecified atom stereocenters. The molecule has 1 saturated heterocycles. The van der Waals surface area contributed by atoms with Gasteiger partial charge in [-0.25, -0.2) is 0 Å². The van der Waals surface area contributed by atoms with Crippen molar-refractivity contribution in [3.05, 3.63) is 42.0 Å². The van der Waals surface area contributed by atoms with Gasteiger partial charge in [-0.2, -0.15) is 0 Å². The molecule has 1 fully saturated rings. The van der Waals surface area contributed by atoms with Crippen molar-refractivity contribution < 1.29 is 14.3 Å². The standard InChI is InChI=1S/C18H24N2O3/c1-18(17(22)19-11-13-23-2)10-12-20(14-18)16(21)9-8-15-6-4-3-5-7-15/h3-9H,10-14H2,1-2H3,(H,19,22)/b9-8+. The normalized spacial score (nSPS) is 20.9. The maximum atomic E-state index is 12.3. The fourth-order valence-corrected chi connectivity index (χ4v) is 2.65. The van der Waals surface area contributed by atoms with Gasteiger partial charge in [0.2, 0.25) is 11.8 Å². The van der Waals surface area contributed by atoms with Gasteiger partial charge in [0.05, 0.1) is 12.0 Å². The Labute approximate surface area is 137 Å². The number of methoxy groups -OCH3 is 1. The number of carbonyl (C=O) groups is 2. The van der Waals surface area contributed by atoms with E-state index < -0.39 is 5.41 Å². The third kappa shape index (κ3) is 4.66. The van der Waals surface area contributed by atoms with Gasteiger partial charge in [-0.1, -0.05) is 30.3 Å². The molecule has 124 valence electrons. The monoisotopic (exact) mass is 316 g/mol. The number of hydrogen-bond donors (Lipinski definition) is 1. The molecule has 0 spiro atoms. The molecule has 1 aromatic carbocycles. The molecule has 1 aliphatic heterocycles. The summed E-state index contributed by atoms with van der Waals surface area (Å²) in [5.74, 6) is -0.0702. The quantitative estimate of drug-likeness (QED) is 0.642. The van der Waals surface area contributed by atoms with Crippen molar-refractivity contribution in [2.45, 2.75) is 13.3 Å². The lowest BCUT2D eigenvalue weighted by Crippen LogP contribution is -2.42. The van der Waals surface area contributed by atoms with E-state index in [0.717, 1.165) is 5.56 Å². The molecule has 1 N–H and O–H groups in total. The zero-order valence-corrected chi connectivity index (χ0v) is 13.7. The molecule has 2 rings (SSSR count). The van der Waals surface area contributed by atoms with Gasteiger partial charge in [-0.3, -0.25) is 9.59 Å². The number of amides is 2. The number of nitrogens with one attached hydrogen (secondary N) is 1. The van der Waals surface area contributed by atoms with Crippen LogP contribution in [0.25, 0.3) is 6.08 Å². The van der Waals surface area contributed by atoms with E-state index in [1.807, 2.05) is 37.3 Å². The molecule has 1 heterocycles. The second-order valence-corrected chi connectivity index (χ2v) is 6.06. The zero-order chi connectivity index (χ0) is 16.7. The summed E-state index contributed by atoms with van der Waals surface area (Å²) in [5.41, 5.74) is 0.462. The molecular weight excluding hydrogens is 292 g/mol. The summed E-state index contributed by atoms with van der Waals surface area (Å²) < 4.78 is 4.93. The number of ether oxygens (including phenoxy) is 1. The fraction of sp³-hybridized carbons (Fsp3) is 0.444. The van der Waals surface area contributed by atoms with E-state index >= 15 is 0 Å². The molecule has 5 heteroatoms. The van der Waals surface area contributed by atoms with Crippen molar-refractivity contribution in [3.63, 3.8) is 0 Å². The minimum atomic E-state index is -0.524. The molecule has 0 aromatic heterocycles. The summed E-state index contributed by atoms with van der Waals surface area (Å²) in [4.78, 5) is 26.3. The van der Waals surface area contributed by atoms with Crippen LogP contribution in [0.1, 0.15) is 18.9 Å². The van der Waals surface area contributed by atoms with E-state index in [9.17, 15) is 9.59 Å². The Bertz CT molecular complexity index is 571. The number of carbonyl (C=O) groups excluding carboxylic acids is 2. The predicted molar refractivity (Wildman–Crippen MR) is 89.7 cm³/mol. The second kappa shape index (κ2) is 7.92. The lowest BCUT2D eigenvalue weighted by molar-refractivity contribution is -0.130. The van der Waals surface area contributed by atoms with E-state index in [1.54, 1.807) is 24.2 Å². The molecule has 1 aromatic rings. The van der Waals surface area contributed by atoms with E-state index in [-0.39, 0.29) is 11.8 Å². The molecular formula is C18H24N2O3. The third-order valence-electron chi connectivity index (χ3n) is 4.14. The van der Waals surface area contributed by atoms with E-state index in [0.29, 0.717) is 32.7 Å². The number of rotatable bonds is 6. The van der Waals surface area contributed by atoms with Gasteiger partial charge in [-0.15, -0.1) is 0 Å². The summed E-state index contributed by atoms with van der Waals surface area (Å²) in [7, 11) is 1.60. The summed E-state index contributed by atoms with van der Waals surface area (Å²) in [6, 6.07) is 9.69. The van der Waals surface area contributed by atoms with Crippen LogP contribution < -0.4 is 5.32 Å². The molecule has 0 bridgehead atoms. The topological polar surface area (TPSA) is 58.6 Å². The highest BCUT2D eigenvalue weighted by Gasteiger charge is 2.41. The summed E-state index contributed by atoms with van der Waals surface area (Å²) in [6.45, 7) is 3.94. The van der Waals surface area contributed by atoms with Crippen LogP contribution in [0.15, 0.2) is 36.4 Å². The zero-order valence-electron chi connectivity index (χ0n) is 13.7. The Hall–Kier alpha value is -2.14. The highest BCUT2D eigenvalue weighted by Crippen LogP contribution is 2.30. The number of benzene rings is 1. The summed E-state index contributed by atoms with van der Waals surface area (Å²) in [5, 5.41) is 2.86. The number of nitrogens with zero attached hydrogens (tertiary/aromatic N) is 1. The maximum Gasteiger partial charge on any atom is 0.246 e. The molecule has 0 aliphatic carbocycles. The average Bonchev–Trinajstić information content (AvgIpc) is 2.97. The molecule has 1 aliphatic rings. The van der Waals surface area contributed by atoms with Crippen molar-refractivity contribution >= 4 is 17.9 Å². The first-order valence-electron chi connectivity index (χ1n) is 7.84. The lowest BCUT2D eigenvalue weighted by atomic mass is 9.89. The van der Waals surface area contributed by atoms with Crippen LogP contribution >= 0.6 is 0 Å². The van der Waals surface area contributed by atoms with Crippen LogP contribution in [0.2, 0.25) is 0 Å². The van der Waals surface area contributed by atoms with Crippen molar-refractivity contribution in [1.82, 2.24) is 10.2 Å². The molecule has 0 radical (unpaired) electrons. The molecule has 23 heavy (non-hydrogen) atoms. The maximum absolute atomic E-state index is 12.3. The van der Waals surface area contributed by atoms with E-state index in [2.05, 4.69) is 5.32 Å². The van der Waals surface area contributed by atoms with Crippen molar-refractivity contribution in [2.24, 2.45) is 5.41 Å². The van der Waals surface area contributed by atoms with Gasteiger partial charge in [0, 0.05) is 32.8 Å². The van der Waals surface area contributed by atoms with E-state index in [1.165, 1.54) is 0 Å². The van der Waals surface area contributed by atoms with Crippen molar-refractivity contribution in [3.8, 4) is 0 Å². The van der Waals surface area contributed by atoms with Gasteiger partial charge in [0.15, 0.2) is 0 Å². The SMILES string of the molecule is COCCNC(=O)C1(C)CCN(C(=O)/C=C/c2ccccc2)C1. The Morgan fingerprint density at radius 3 is 2.78 bits per heavy atom. The average molecular weight is 316 g/mol. The van der Waals surface area contributed by atoms with Crippen LogP contribution in [0.5, 0.6) is 0 Å². The molecule has 5 nitrogen and oxygen atoms in total. The Kier molecular flexibility index (Phi) is 5.93. The molecule has 0 saturated carbocycles.